The normalized spacial score (nSPS) is 10.4. The maximum absolute atomic E-state index is 11.4. The first kappa shape index (κ1) is 13.3. The van der Waals surface area contributed by atoms with Gasteiger partial charge in [0.1, 0.15) is 0 Å². The van der Waals surface area contributed by atoms with Crippen LogP contribution in [-0.4, -0.2) is 11.1 Å². The van der Waals surface area contributed by atoms with Crippen molar-refractivity contribution in [2.75, 3.05) is 0 Å². The van der Waals surface area contributed by atoms with E-state index >= 15 is 0 Å². The summed E-state index contributed by atoms with van der Waals surface area (Å²) >= 11 is 0. The third-order valence-corrected chi connectivity index (χ3v) is 3.22. The molecule has 0 atom stereocenters. The Bertz CT molecular complexity index is 559. The van der Waals surface area contributed by atoms with E-state index in [-0.39, 0.29) is 0 Å². The van der Waals surface area contributed by atoms with E-state index in [0.29, 0.717) is 5.56 Å². The minimum Gasteiger partial charge on any atom is -0.478 e. The van der Waals surface area contributed by atoms with E-state index < -0.39 is 5.97 Å². The van der Waals surface area contributed by atoms with Gasteiger partial charge in [-0.25, -0.2) is 4.79 Å². The second kappa shape index (κ2) is 6.19. The molecule has 2 aromatic rings. The summed E-state index contributed by atoms with van der Waals surface area (Å²) in [6, 6.07) is 15.4. The van der Waals surface area contributed by atoms with Crippen molar-refractivity contribution in [2.24, 2.45) is 0 Å². The lowest BCUT2D eigenvalue weighted by molar-refractivity contribution is 0.0697. The van der Waals surface area contributed by atoms with Crippen LogP contribution in [0.3, 0.4) is 0 Å². The number of rotatable bonds is 5. The molecule has 0 saturated carbocycles. The molecule has 2 heteroatoms. The molecule has 0 amide bonds. The Labute approximate surface area is 113 Å². The summed E-state index contributed by atoms with van der Waals surface area (Å²) < 4.78 is 0. The van der Waals surface area contributed by atoms with Crippen LogP contribution in [-0.2, 0) is 6.42 Å². The van der Waals surface area contributed by atoms with E-state index in [1.54, 1.807) is 6.07 Å². The summed E-state index contributed by atoms with van der Waals surface area (Å²) in [5.41, 5.74) is 3.22. The molecule has 2 nitrogen and oxygen atoms in total. The van der Waals surface area contributed by atoms with Crippen LogP contribution in [0.15, 0.2) is 48.5 Å². The highest BCUT2D eigenvalue weighted by Gasteiger charge is 2.12. The summed E-state index contributed by atoms with van der Waals surface area (Å²) in [5.74, 6) is -0.864. The molecule has 0 heterocycles. The van der Waals surface area contributed by atoms with E-state index in [4.69, 9.17) is 0 Å². The molecule has 0 aliphatic rings. The predicted molar refractivity (Wildman–Crippen MR) is 77.4 cm³/mol. The zero-order valence-electron chi connectivity index (χ0n) is 11.1. The maximum Gasteiger partial charge on any atom is 0.336 e. The van der Waals surface area contributed by atoms with E-state index in [1.165, 1.54) is 0 Å². The number of benzene rings is 2. The fraction of sp³-hybridized carbons (Fsp3) is 0.235. The number of carbonyl (C=O) groups is 1. The van der Waals surface area contributed by atoms with Gasteiger partial charge < -0.3 is 5.11 Å². The van der Waals surface area contributed by atoms with Crippen LogP contribution in [0.5, 0.6) is 0 Å². The number of aryl methyl sites for hydroxylation is 1. The Morgan fingerprint density at radius 3 is 2.47 bits per heavy atom. The number of hydrogen-bond donors (Lipinski definition) is 1. The SMILES string of the molecule is CCCCc1ccc(-c2ccccc2)c(C(=O)O)c1. The van der Waals surface area contributed by atoms with Gasteiger partial charge in [-0.15, -0.1) is 0 Å². The fourth-order valence-corrected chi connectivity index (χ4v) is 2.17. The highest BCUT2D eigenvalue weighted by atomic mass is 16.4. The van der Waals surface area contributed by atoms with E-state index in [1.807, 2.05) is 42.5 Å². The molecule has 19 heavy (non-hydrogen) atoms. The average molecular weight is 254 g/mol. The number of aromatic carboxylic acids is 1. The van der Waals surface area contributed by atoms with Gasteiger partial charge in [0.15, 0.2) is 0 Å². The van der Waals surface area contributed by atoms with Gasteiger partial charge >= 0.3 is 5.97 Å². The Kier molecular flexibility index (Phi) is 4.35. The van der Waals surface area contributed by atoms with Crippen molar-refractivity contribution in [2.45, 2.75) is 26.2 Å². The molecule has 0 bridgehead atoms. The lowest BCUT2D eigenvalue weighted by atomic mass is 9.96. The van der Waals surface area contributed by atoms with Crippen LogP contribution < -0.4 is 0 Å². The number of hydrogen-bond acceptors (Lipinski definition) is 1. The van der Waals surface area contributed by atoms with Crippen LogP contribution in [0, 0.1) is 0 Å². The summed E-state index contributed by atoms with van der Waals surface area (Å²) in [5, 5.41) is 9.38. The second-order valence-corrected chi connectivity index (χ2v) is 4.65. The molecule has 0 aromatic heterocycles. The Hall–Kier alpha value is -2.09. The zero-order chi connectivity index (χ0) is 13.7. The monoisotopic (exact) mass is 254 g/mol. The van der Waals surface area contributed by atoms with Crippen molar-refractivity contribution in [1.82, 2.24) is 0 Å². The molecule has 0 unspecified atom stereocenters. The summed E-state index contributed by atoms with van der Waals surface area (Å²) in [6.07, 6.45) is 3.14. The Morgan fingerprint density at radius 2 is 1.84 bits per heavy atom. The van der Waals surface area contributed by atoms with Crippen LogP contribution in [0.25, 0.3) is 11.1 Å². The van der Waals surface area contributed by atoms with Crippen LogP contribution in [0.2, 0.25) is 0 Å². The molecule has 0 saturated heterocycles. The van der Waals surface area contributed by atoms with Crippen LogP contribution in [0.4, 0.5) is 0 Å². The molecule has 0 aliphatic carbocycles. The minimum atomic E-state index is -0.864. The predicted octanol–water partition coefficient (Wildman–Crippen LogP) is 4.39. The van der Waals surface area contributed by atoms with Crippen LogP contribution in [0.1, 0.15) is 35.7 Å². The molecular formula is C17H18O2. The lowest BCUT2D eigenvalue weighted by Gasteiger charge is -2.09. The number of unbranched alkanes of at least 4 members (excludes halogenated alkanes) is 1. The van der Waals surface area contributed by atoms with Crippen molar-refractivity contribution in [3.8, 4) is 11.1 Å². The first-order valence-corrected chi connectivity index (χ1v) is 6.64. The van der Waals surface area contributed by atoms with E-state index in [2.05, 4.69) is 6.92 Å². The maximum atomic E-state index is 11.4. The first-order valence-electron chi connectivity index (χ1n) is 6.64. The molecule has 2 aromatic carbocycles. The average Bonchev–Trinajstić information content (AvgIpc) is 2.45. The van der Waals surface area contributed by atoms with Gasteiger partial charge in [-0.3, -0.25) is 0 Å². The number of carboxylic acids is 1. The summed E-state index contributed by atoms with van der Waals surface area (Å²) in [4.78, 5) is 11.4. The molecule has 1 N–H and O–H groups in total. The highest BCUT2D eigenvalue weighted by Crippen LogP contribution is 2.25. The van der Waals surface area contributed by atoms with Gasteiger partial charge in [-0.2, -0.15) is 0 Å². The lowest BCUT2D eigenvalue weighted by Crippen LogP contribution is -2.01. The van der Waals surface area contributed by atoms with Gasteiger partial charge in [-0.1, -0.05) is 55.8 Å². The van der Waals surface area contributed by atoms with Crippen molar-refractivity contribution in [3.63, 3.8) is 0 Å². The first-order chi connectivity index (χ1) is 9.22. The van der Waals surface area contributed by atoms with Gasteiger partial charge in [0.05, 0.1) is 5.56 Å². The van der Waals surface area contributed by atoms with Crippen LogP contribution >= 0.6 is 0 Å². The van der Waals surface area contributed by atoms with Crippen molar-refractivity contribution in [3.05, 3.63) is 59.7 Å². The van der Waals surface area contributed by atoms with Crippen molar-refractivity contribution in [1.29, 1.82) is 0 Å². The summed E-state index contributed by atoms with van der Waals surface area (Å²) in [7, 11) is 0. The van der Waals surface area contributed by atoms with Crippen molar-refractivity contribution >= 4 is 5.97 Å². The standard InChI is InChI=1S/C17H18O2/c1-2-3-7-13-10-11-15(16(12-13)17(18)19)14-8-5-4-6-9-14/h4-6,8-12H,2-3,7H2,1H3,(H,18,19). The molecule has 0 spiro atoms. The molecule has 0 fully saturated rings. The smallest absolute Gasteiger partial charge is 0.336 e. The Balaban J connectivity index is 2.41. The fourth-order valence-electron chi connectivity index (χ4n) is 2.17. The molecule has 2 rings (SSSR count). The van der Waals surface area contributed by atoms with E-state index in [0.717, 1.165) is 36.0 Å². The molecular weight excluding hydrogens is 236 g/mol. The van der Waals surface area contributed by atoms with Gasteiger partial charge in [-0.05, 0) is 35.6 Å². The third kappa shape index (κ3) is 3.22. The summed E-state index contributed by atoms with van der Waals surface area (Å²) in [6.45, 7) is 2.14. The minimum absolute atomic E-state index is 0.389. The largest absolute Gasteiger partial charge is 0.478 e. The molecule has 0 aliphatic heterocycles. The van der Waals surface area contributed by atoms with Gasteiger partial charge in [0, 0.05) is 0 Å². The van der Waals surface area contributed by atoms with Gasteiger partial charge in [0.2, 0.25) is 0 Å². The van der Waals surface area contributed by atoms with Crippen molar-refractivity contribution < 1.29 is 9.90 Å². The van der Waals surface area contributed by atoms with E-state index in [9.17, 15) is 9.90 Å². The topological polar surface area (TPSA) is 37.3 Å². The zero-order valence-corrected chi connectivity index (χ0v) is 11.1. The Morgan fingerprint density at radius 1 is 1.11 bits per heavy atom. The third-order valence-electron chi connectivity index (χ3n) is 3.22. The molecule has 98 valence electrons. The number of carboxylic acid groups (broad SMARTS) is 1. The quantitative estimate of drug-likeness (QED) is 0.859. The second-order valence-electron chi connectivity index (χ2n) is 4.65. The highest BCUT2D eigenvalue weighted by molar-refractivity contribution is 5.96. The molecule has 0 radical (unpaired) electrons. The van der Waals surface area contributed by atoms with Gasteiger partial charge in [0.25, 0.3) is 0 Å².